The Balaban J connectivity index is 2.34. The molecular weight excluding hydrogens is 205 g/mol. The van der Waals surface area contributed by atoms with Gasteiger partial charge < -0.3 is 10.1 Å². The van der Waals surface area contributed by atoms with Crippen LogP contribution in [0.15, 0.2) is 18.2 Å². The summed E-state index contributed by atoms with van der Waals surface area (Å²) in [6, 6.07) is 5.62. The van der Waals surface area contributed by atoms with Crippen LogP contribution in [0.3, 0.4) is 0 Å². The SMILES string of the molecule is COc1ccc(C(C)F)cc1C1CCNC1. The van der Waals surface area contributed by atoms with E-state index in [0.29, 0.717) is 5.92 Å². The predicted octanol–water partition coefficient (Wildman–Crippen LogP) is 2.80. The molecule has 1 aliphatic heterocycles. The molecule has 1 saturated heterocycles. The van der Waals surface area contributed by atoms with Crippen LogP contribution in [0, 0.1) is 0 Å². The Labute approximate surface area is 95.8 Å². The first-order valence-electron chi connectivity index (χ1n) is 5.75. The van der Waals surface area contributed by atoms with Gasteiger partial charge in [0.1, 0.15) is 11.9 Å². The van der Waals surface area contributed by atoms with E-state index < -0.39 is 6.17 Å². The van der Waals surface area contributed by atoms with E-state index in [2.05, 4.69) is 5.32 Å². The summed E-state index contributed by atoms with van der Waals surface area (Å²) in [7, 11) is 1.67. The zero-order chi connectivity index (χ0) is 11.5. The van der Waals surface area contributed by atoms with Crippen LogP contribution in [0.5, 0.6) is 5.75 Å². The van der Waals surface area contributed by atoms with E-state index in [0.717, 1.165) is 36.4 Å². The van der Waals surface area contributed by atoms with Crippen molar-refractivity contribution in [2.24, 2.45) is 0 Å². The fourth-order valence-corrected chi connectivity index (χ4v) is 2.24. The molecule has 1 aromatic carbocycles. The molecule has 0 aromatic heterocycles. The largest absolute Gasteiger partial charge is 0.496 e. The number of benzene rings is 1. The zero-order valence-electron chi connectivity index (χ0n) is 9.79. The third kappa shape index (κ3) is 2.19. The van der Waals surface area contributed by atoms with Crippen LogP contribution in [0.2, 0.25) is 0 Å². The van der Waals surface area contributed by atoms with Crippen molar-refractivity contribution in [3.8, 4) is 5.75 Å². The summed E-state index contributed by atoms with van der Waals surface area (Å²) in [5.41, 5.74) is 1.87. The van der Waals surface area contributed by atoms with Crippen LogP contribution < -0.4 is 10.1 Å². The van der Waals surface area contributed by atoms with Crippen molar-refractivity contribution in [3.63, 3.8) is 0 Å². The summed E-state index contributed by atoms with van der Waals surface area (Å²) < 4.78 is 18.6. The highest BCUT2D eigenvalue weighted by molar-refractivity contribution is 5.41. The van der Waals surface area contributed by atoms with Gasteiger partial charge >= 0.3 is 0 Å². The first kappa shape index (κ1) is 11.4. The minimum Gasteiger partial charge on any atom is -0.496 e. The Kier molecular flexibility index (Phi) is 3.44. The monoisotopic (exact) mass is 223 g/mol. The summed E-state index contributed by atoms with van der Waals surface area (Å²) in [4.78, 5) is 0. The van der Waals surface area contributed by atoms with E-state index in [-0.39, 0.29) is 0 Å². The molecule has 0 saturated carbocycles. The number of hydrogen-bond donors (Lipinski definition) is 1. The summed E-state index contributed by atoms with van der Waals surface area (Å²) in [5.74, 6) is 1.33. The summed E-state index contributed by atoms with van der Waals surface area (Å²) >= 11 is 0. The maximum Gasteiger partial charge on any atom is 0.122 e. The highest BCUT2D eigenvalue weighted by Gasteiger charge is 2.21. The predicted molar refractivity (Wildman–Crippen MR) is 62.7 cm³/mol. The third-order valence-electron chi connectivity index (χ3n) is 3.21. The van der Waals surface area contributed by atoms with Crippen LogP contribution in [0.1, 0.15) is 36.6 Å². The van der Waals surface area contributed by atoms with Crippen LogP contribution in [0.25, 0.3) is 0 Å². The molecule has 0 amide bonds. The second kappa shape index (κ2) is 4.83. The number of halogens is 1. The molecule has 2 atom stereocenters. The zero-order valence-corrected chi connectivity index (χ0v) is 9.79. The van der Waals surface area contributed by atoms with Crippen LogP contribution >= 0.6 is 0 Å². The molecule has 1 aromatic rings. The molecular formula is C13H18FNO. The quantitative estimate of drug-likeness (QED) is 0.850. The van der Waals surface area contributed by atoms with Crippen LogP contribution in [0.4, 0.5) is 4.39 Å². The number of nitrogens with one attached hydrogen (secondary N) is 1. The first-order chi connectivity index (χ1) is 7.72. The Hall–Kier alpha value is -1.09. The van der Waals surface area contributed by atoms with E-state index in [1.54, 1.807) is 20.1 Å². The number of ether oxygens (including phenoxy) is 1. The Morgan fingerprint density at radius 1 is 1.50 bits per heavy atom. The van der Waals surface area contributed by atoms with E-state index >= 15 is 0 Å². The van der Waals surface area contributed by atoms with E-state index in [4.69, 9.17) is 4.74 Å². The highest BCUT2D eigenvalue weighted by Crippen LogP contribution is 2.33. The topological polar surface area (TPSA) is 21.3 Å². The van der Waals surface area contributed by atoms with Gasteiger partial charge in [0, 0.05) is 12.5 Å². The molecule has 2 unspecified atom stereocenters. The number of hydrogen-bond acceptors (Lipinski definition) is 2. The average Bonchev–Trinajstić information content (AvgIpc) is 2.81. The fraction of sp³-hybridized carbons (Fsp3) is 0.538. The summed E-state index contributed by atoms with van der Waals surface area (Å²) in [5, 5.41) is 3.32. The Morgan fingerprint density at radius 2 is 2.31 bits per heavy atom. The second-order valence-corrected chi connectivity index (χ2v) is 4.31. The van der Waals surface area contributed by atoms with Crippen molar-refractivity contribution in [3.05, 3.63) is 29.3 Å². The van der Waals surface area contributed by atoms with Gasteiger partial charge in [-0.15, -0.1) is 0 Å². The van der Waals surface area contributed by atoms with Gasteiger partial charge in [0.25, 0.3) is 0 Å². The van der Waals surface area contributed by atoms with Crippen molar-refractivity contribution >= 4 is 0 Å². The molecule has 0 bridgehead atoms. The molecule has 1 aliphatic rings. The van der Waals surface area contributed by atoms with Gasteiger partial charge in [-0.1, -0.05) is 6.07 Å². The smallest absolute Gasteiger partial charge is 0.122 e. The minimum absolute atomic E-state index is 0.452. The second-order valence-electron chi connectivity index (χ2n) is 4.31. The number of rotatable bonds is 3. The van der Waals surface area contributed by atoms with E-state index in [1.807, 2.05) is 12.1 Å². The average molecular weight is 223 g/mol. The number of methoxy groups -OCH3 is 1. The third-order valence-corrected chi connectivity index (χ3v) is 3.21. The lowest BCUT2D eigenvalue weighted by Crippen LogP contribution is -2.09. The van der Waals surface area contributed by atoms with Crippen molar-refractivity contribution < 1.29 is 9.13 Å². The maximum atomic E-state index is 13.3. The lowest BCUT2D eigenvalue weighted by Gasteiger charge is -2.16. The molecule has 1 N–H and O–H groups in total. The fourth-order valence-electron chi connectivity index (χ4n) is 2.24. The molecule has 0 aliphatic carbocycles. The minimum atomic E-state index is -0.918. The molecule has 2 rings (SSSR count). The Bertz CT molecular complexity index is 359. The van der Waals surface area contributed by atoms with Gasteiger partial charge in [0.15, 0.2) is 0 Å². The Morgan fingerprint density at radius 3 is 2.88 bits per heavy atom. The molecule has 0 radical (unpaired) electrons. The van der Waals surface area contributed by atoms with Gasteiger partial charge in [-0.3, -0.25) is 0 Å². The highest BCUT2D eigenvalue weighted by atomic mass is 19.1. The molecule has 2 nitrogen and oxygen atoms in total. The lowest BCUT2D eigenvalue weighted by molar-refractivity contribution is 0.371. The summed E-state index contributed by atoms with van der Waals surface area (Å²) in [6.07, 6.45) is 0.180. The van der Waals surface area contributed by atoms with Crippen LogP contribution in [-0.4, -0.2) is 20.2 Å². The van der Waals surface area contributed by atoms with Crippen molar-refractivity contribution in [2.75, 3.05) is 20.2 Å². The number of alkyl halides is 1. The van der Waals surface area contributed by atoms with E-state index in [9.17, 15) is 4.39 Å². The molecule has 3 heteroatoms. The van der Waals surface area contributed by atoms with Crippen LogP contribution in [-0.2, 0) is 0 Å². The van der Waals surface area contributed by atoms with Gasteiger partial charge in [-0.05, 0) is 43.1 Å². The molecule has 88 valence electrons. The normalized spacial score (nSPS) is 22.1. The molecule has 1 heterocycles. The lowest BCUT2D eigenvalue weighted by atomic mass is 9.94. The molecule has 16 heavy (non-hydrogen) atoms. The summed E-state index contributed by atoms with van der Waals surface area (Å²) in [6.45, 7) is 3.56. The van der Waals surface area contributed by atoms with Crippen molar-refractivity contribution in [1.82, 2.24) is 5.32 Å². The van der Waals surface area contributed by atoms with Gasteiger partial charge in [0.05, 0.1) is 7.11 Å². The standard InChI is InChI=1S/C13H18FNO/c1-9(14)10-3-4-13(16-2)12(7-10)11-5-6-15-8-11/h3-4,7,9,11,15H,5-6,8H2,1-2H3. The van der Waals surface area contributed by atoms with Crippen molar-refractivity contribution in [1.29, 1.82) is 0 Å². The maximum absolute atomic E-state index is 13.3. The van der Waals surface area contributed by atoms with Gasteiger partial charge in [-0.2, -0.15) is 0 Å². The van der Waals surface area contributed by atoms with Crippen molar-refractivity contribution in [2.45, 2.75) is 25.4 Å². The first-order valence-corrected chi connectivity index (χ1v) is 5.75. The molecule has 0 spiro atoms. The van der Waals surface area contributed by atoms with E-state index in [1.165, 1.54) is 0 Å². The van der Waals surface area contributed by atoms with Gasteiger partial charge in [0.2, 0.25) is 0 Å². The van der Waals surface area contributed by atoms with Gasteiger partial charge in [-0.25, -0.2) is 4.39 Å². The molecule has 1 fully saturated rings.